The van der Waals surface area contributed by atoms with Crippen LogP contribution in [0, 0.1) is 11.7 Å². The summed E-state index contributed by atoms with van der Waals surface area (Å²) in [5, 5.41) is 6.17. The Kier molecular flexibility index (Phi) is 7.37. The van der Waals surface area contributed by atoms with Crippen molar-refractivity contribution in [1.29, 1.82) is 0 Å². The van der Waals surface area contributed by atoms with E-state index in [2.05, 4.69) is 15.5 Å². The van der Waals surface area contributed by atoms with E-state index in [1.165, 1.54) is 18.2 Å². The lowest BCUT2D eigenvalue weighted by molar-refractivity contribution is -0.125. The molecule has 2 atom stereocenters. The topological polar surface area (TPSA) is 70.7 Å². The maximum absolute atomic E-state index is 13.5. The van der Waals surface area contributed by atoms with Crippen LogP contribution in [0.15, 0.2) is 18.2 Å². The van der Waals surface area contributed by atoms with Crippen molar-refractivity contribution >= 4 is 23.4 Å². The number of carbonyl (C=O) groups excluding carboxylic acids is 2. The molecule has 1 aromatic rings. The summed E-state index contributed by atoms with van der Waals surface area (Å²) < 4.78 is 18.6. The van der Waals surface area contributed by atoms with Gasteiger partial charge in [0.05, 0.1) is 18.7 Å². The molecular formula is C22H31ClFN3O3. The lowest BCUT2D eigenvalue weighted by atomic mass is 9.90. The second kappa shape index (κ2) is 9.62. The van der Waals surface area contributed by atoms with Crippen molar-refractivity contribution in [3.05, 3.63) is 34.6 Å². The highest BCUT2D eigenvalue weighted by Crippen LogP contribution is 2.38. The number of nitrogens with one attached hydrogen (secondary N) is 2. The number of hydrogen-bond acceptors (Lipinski definition) is 4. The van der Waals surface area contributed by atoms with Gasteiger partial charge < -0.3 is 15.4 Å². The minimum Gasteiger partial charge on any atom is -0.382 e. The molecule has 0 spiro atoms. The smallest absolute Gasteiger partial charge is 0.251 e. The third-order valence-corrected chi connectivity index (χ3v) is 6.19. The predicted molar refractivity (Wildman–Crippen MR) is 114 cm³/mol. The molecule has 2 N–H and O–H groups in total. The van der Waals surface area contributed by atoms with Gasteiger partial charge in [-0.2, -0.15) is 0 Å². The van der Waals surface area contributed by atoms with Crippen molar-refractivity contribution in [1.82, 2.24) is 15.5 Å². The van der Waals surface area contributed by atoms with Gasteiger partial charge in [-0.25, -0.2) is 4.39 Å². The Morgan fingerprint density at radius 2 is 1.90 bits per heavy atom. The number of fused-ring (bicyclic) bond motifs is 2. The van der Waals surface area contributed by atoms with Crippen LogP contribution >= 0.6 is 11.6 Å². The number of halogens is 2. The summed E-state index contributed by atoms with van der Waals surface area (Å²) in [6.45, 7) is 5.29. The molecule has 6 nitrogen and oxygen atoms in total. The zero-order valence-corrected chi connectivity index (χ0v) is 18.6. The van der Waals surface area contributed by atoms with Gasteiger partial charge in [-0.05, 0) is 63.6 Å². The summed E-state index contributed by atoms with van der Waals surface area (Å²) in [5.74, 6) is -0.472. The zero-order valence-electron chi connectivity index (χ0n) is 17.8. The Bertz CT molecular complexity index is 755. The fourth-order valence-corrected chi connectivity index (χ4v) is 5.04. The number of nitrogens with zero attached hydrogens (tertiary/aromatic N) is 1. The van der Waals surface area contributed by atoms with Crippen LogP contribution in [0.5, 0.6) is 0 Å². The molecule has 2 aliphatic rings. The van der Waals surface area contributed by atoms with E-state index in [4.69, 9.17) is 16.3 Å². The zero-order chi connectivity index (χ0) is 21.9. The van der Waals surface area contributed by atoms with E-state index in [9.17, 15) is 14.0 Å². The van der Waals surface area contributed by atoms with Gasteiger partial charge in [0.15, 0.2) is 0 Å². The molecule has 0 aromatic heterocycles. The highest BCUT2D eigenvalue weighted by Gasteiger charge is 2.41. The molecule has 3 rings (SSSR count). The van der Waals surface area contributed by atoms with Gasteiger partial charge in [-0.3, -0.25) is 14.5 Å². The summed E-state index contributed by atoms with van der Waals surface area (Å²) in [5.41, 5.74) is -0.163. The van der Waals surface area contributed by atoms with Crippen LogP contribution < -0.4 is 10.6 Å². The number of rotatable bonds is 8. The minimum atomic E-state index is -0.522. The Balaban J connectivity index is 1.50. The molecule has 2 aliphatic heterocycles. The van der Waals surface area contributed by atoms with Gasteiger partial charge in [0.25, 0.3) is 5.91 Å². The number of amides is 2. The third kappa shape index (κ3) is 5.93. The van der Waals surface area contributed by atoms with Gasteiger partial charge in [0, 0.05) is 36.3 Å². The first kappa shape index (κ1) is 23.0. The third-order valence-electron chi connectivity index (χ3n) is 5.97. The second-order valence-corrected chi connectivity index (χ2v) is 9.56. The van der Waals surface area contributed by atoms with Gasteiger partial charge in [-0.15, -0.1) is 0 Å². The first-order chi connectivity index (χ1) is 14.2. The van der Waals surface area contributed by atoms with Crippen LogP contribution in [0.1, 0.15) is 49.9 Å². The number of hydrogen-bond donors (Lipinski definition) is 2. The van der Waals surface area contributed by atoms with Crippen LogP contribution in [0.2, 0.25) is 5.02 Å². The summed E-state index contributed by atoms with van der Waals surface area (Å²) in [7, 11) is 1.63. The standard InChI is InChI=1S/C22H31ClFN3O3/c1-22(2,13-30-3)26-20(28)12-27-18-4-5-19(27)7-14(6-18)11-25-21(29)15-8-16(23)10-17(24)9-15/h8-10,14,18-19H,4-7,11-13H2,1-3H3,(H,25,29)(H,26,28). The Morgan fingerprint density at radius 3 is 2.50 bits per heavy atom. The fourth-order valence-electron chi connectivity index (χ4n) is 4.82. The quantitative estimate of drug-likeness (QED) is 0.653. The van der Waals surface area contributed by atoms with E-state index in [1.807, 2.05) is 13.8 Å². The number of piperidine rings is 1. The molecule has 2 unspecified atom stereocenters. The second-order valence-electron chi connectivity index (χ2n) is 9.13. The Morgan fingerprint density at radius 1 is 1.23 bits per heavy atom. The fraction of sp³-hybridized carbons (Fsp3) is 0.636. The van der Waals surface area contributed by atoms with Crippen molar-refractivity contribution in [2.24, 2.45) is 5.92 Å². The van der Waals surface area contributed by atoms with Crippen molar-refractivity contribution in [3.8, 4) is 0 Å². The molecule has 0 aliphatic carbocycles. The normalized spacial score (nSPS) is 24.0. The lowest BCUT2D eigenvalue weighted by Crippen LogP contribution is -2.53. The molecule has 2 saturated heterocycles. The van der Waals surface area contributed by atoms with Crippen LogP contribution in [0.3, 0.4) is 0 Å². The highest BCUT2D eigenvalue weighted by molar-refractivity contribution is 6.31. The largest absolute Gasteiger partial charge is 0.382 e. The lowest BCUT2D eigenvalue weighted by Gasteiger charge is -2.39. The summed E-state index contributed by atoms with van der Waals surface area (Å²) in [6.07, 6.45) is 4.03. The SMILES string of the molecule is COCC(C)(C)NC(=O)CN1C2CCC1CC(CNC(=O)c1cc(F)cc(Cl)c1)C2. The van der Waals surface area contributed by atoms with E-state index < -0.39 is 11.4 Å². The number of ether oxygens (including phenoxy) is 1. The highest BCUT2D eigenvalue weighted by atomic mass is 35.5. The predicted octanol–water partition coefficient (Wildman–Crippen LogP) is 2.99. The molecular weight excluding hydrogens is 409 g/mol. The van der Waals surface area contributed by atoms with Crippen molar-refractivity contribution < 1.29 is 18.7 Å². The number of benzene rings is 1. The van der Waals surface area contributed by atoms with E-state index >= 15 is 0 Å². The molecule has 2 fully saturated rings. The van der Waals surface area contributed by atoms with E-state index in [-0.39, 0.29) is 22.4 Å². The van der Waals surface area contributed by atoms with Crippen molar-refractivity contribution in [2.45, 2.75) is 57.2 Å². The van der Waals surface area contributed by atoms with E-state index in [0.717, 1.165) is 25.7 Å². The maximum Gasteiger partial charge on any atom is 0.251 e. The summed E-state index contributed by atoms with van der Waals surface area (Å²) in [6, 6.07) is 4.54. The van der Waals surface area contributed by atoms with E-state index in [0.29, 0.717) is 37.7 Å². The average Bonchev–Trinajstić information content (AvgIpc) is 2.86. The van der Waals surface area contributed by atoms with Crippen LogP contribution in [0.25, 0.3) is 0 Å². The van der Waals surface area contributed by atoms with Gasteiger partial charge in [0.1, 0.15) is 5.82 Å². The monoisotopic (exact) mass is 439 g/mol. The minimum absolute atomic E-state index is 0.0173. The first-order valence-corrected chi connectivity index (χ1v) is 10.8. The van der Waals surface area contributed by atoms with Crippen LogP contribution in [-0.2, 0) is 9.53 Å². The van der Waals surface area contributed by atoms with Gasteiger partial charge >= 0.3 is 0 Å². The molecule has 0 radical (unpaired) electrons. The van der Waals surface area contributed by atoms with E-state index in [1.54, 1.807) is 7.11 Å². The van der Waals surface area contributed by atoms with Crippen molar-refractivity contribution in [3.63, 3.8) is 0 Å². The number of carbonyl (C=O) groups is 2. The molecule has 1 aromatic carbocycles. The molecule has 2 amide bonds. The average molecular weight is 440 g/mol. The maximum atomic E-state index is 13.5. The Hall–Kier alpha value is -1.70. The Labute approximate surface area is 182 Å². The van der Waals surface area contributed by atoms with Crippen LogP contribution in [-0.4, -0.2) is 61.1 Å². The molecule has 30 heavy (non-hydrogen) atoms. The molecule has 166 valence electrons. The molecule has 2 bridgehead atoms. The molecule has 0 saturated carbocycles. The van der Waals surface area contributed by atoms with Gasteiger partial charge in [0.2, 0.25) is 5.91 Å². The first-order valence-electron chi connectivity index (χ1n) is 10.5. The number of methoxy groups -OCH3 is 1. The van der Waals surface area contributed by atoms with Gasteiger partial charge in [-0.1, -0.05) is 11.6 Å². The van der Waals surface area contributed by atoms with Crippen molar-refractivity contribution in [2.75, 3.05) is 26.8 Å². The van der Waals surface area contributed by atoms with Crippen LogP contribution in [0.4, 0.5) is 4.39 Å². The summed E-state index contributed by atoms with van der Waals surface area (Å²) in [4.78, 5) is 27.2. The molecule has 8 heteroatoms. The summed E-state index contributed by atoms with van der Waals surface area (Å²) >= 11 is 5.84. The molecule has 2 heterocycles.